The minimum absolute atomic E-state index is 0.166. The lowest BCUT2D eigenvalue weighted by Gasteiger charge is -2.19. The molecular formula is C19H22N2O6. The molecule has 0 saturated carbocycles. The lowest BCUT2D eigenvalue weighted by molar-refractivity contribution is 0.0633. The number of anilines is 2. The van der Waals surface area contributed by atoms with Gasteiger partial charge in [0.15, 0.2) is 0 Å². The van der Waals surface area contributed by atoms with Crippen LogP contribution in [0.4, 0.5) is 16.2 Å². The number of nitrogens with two attached hydrogens (primary N) is 1. The molecule has 0 aliphatic rings. The van der Waals surface area contributed by atoms with Gasteiger partial charge in [0.05, 0.1) is 11.1 Å². The first-order valence-corrected chi connectivity index (χ1v) is 7.90. The summed E-state index contributed by atoms with van der Waals surface area (Å²) in [4.78, 5) is 32.3. The molecule has 1 amide bonds. The van der Waals surface area contributed by atoms with Gasteiger partial charge in [0, 0.05) is 11.4 Å². The van der Waals surface area contributed by atoms with E-state index in [0.717, 1.165) is 0 Å². The van der Waals surface area contributed by atoms with Gasteiger partial charge in [0.2, 0.25) is 0 Å². The Hall–Kier alpha value is -3.55. The predicted molar refractivity (Wildman–Crippen MR) is 101 cm³/mol. The second-order valence-corrected chi connectivity index (χ2v) is 6.44. The van der Waals surface area contributed by atoms with Crippen LogP contribution < -0.4 is 11.1 Å². The number of aromatic carboxylic acids is 2. The van der Waals surface area contributed by atoms with Crippen LogP contribution in [0.15, 0.2) is 48.5 Å². The van der Waals surface area contributed by atoms with Crippen LogP contribution in [0.2, 0.25) is 0 Å². The number of benzene rings is 2. The zero-order chi connectivity index (χ0) is 20.6. The van der Waals surface area contributed by atoms with E-state index in [-0.39, 0.29) is 11.1 Å². The highest BCUT2D eigenvalue weighted by Gasteiger charge is 2.16. The number of carboxylic acids is 2. The molecule has 2 aromatic carbocycles. The monoisotopic (exact) mass is 374 g/mol. The van der Waals surface area contributed by atoms with Crippen molar-refractivity contribution in [2.75, 3.05) is 11.1 Å². The fraction of sp³-hybridized carbons (Fsp3) is 0.211. The van der Waals surface area contributed by atoms with Crippen molar-refractivity contribution in [3.63, 3.8) is 0 Å². The number of nitrogen functional groups attached to an aromatic ring is 1. The van der Waals surface area contributed by atoms with Crippen molar-refractivity contribution in [2.24, 2.45) is 0 Å². The van der Waals surface area contributed by atoms with Gasteiger partial charge >= 0.3 is 18.0 Å². The molecule has 0 aromatic heterocycles. The highest BCUT2D eigenvalue weighted by atomic mass is 16.6. The van der Waals surface area contributed by atoms with Crippen LogP contribution in [0.1, 0.15) is 41.5 Å². The molecule has 27 heavy (non-hydrogen) atoms. The van der Waals surface area contributed by atoms with E-state index in [1.165, 1.54) is 36.4 Å². The van der Waals surface area contributed by atoms with Gasteiger partial charge in [-0.2, -0.15) is 0 Å². The molecule has 0 aliphatic carbocycles. The third-order valence-corrected chi connectivity index (χ3v) is 2.93. The number of hydrogen-bond acceptors (Lipinski definition) is 5. The van der Waals surface area contributed by atoms with Gasteiger partial charge in [-0.15, -0.1) is 0 Å². The van der Waals surface area contributed by atoms with Gasteiger partial charge in [-0.25, -0.2) is 14.4 Å². The van der Waals surface area contributed by atoms with E-state index in [1.54, 1.807) is 32.9 Å². The Morgan fingerprint density at radius 1 is 0.852 bits per heavy atom. The maximum Gasteiger partial charge on any atom is 0.412 e. The van der Waals surface area contributed by atoms with Crippen LogP contribution in [0.3, 0.4) is 0 Å². The third kappa shape index (κ3) is 8.39. The number of ether oxygens (including phenoxy) is 1. The average molecular weight is 374 g/mol. The van der Waals surface area contributed by atoms with Crippen molar-refractivity contribution in [3.8, 4) is 0 Å². The Morgan fingerprint density at radius 3 is 1.63 bits per heavy atom. The fourth-order valence-corrected chi connectivity index (χ4v) is 1.74. The molecule has 8 heteroatoms. The number of nitrogens with one attached hydrogen (secondary N) is 1. The zero-order valence-corrected chi connectivity index (χ0v) is 15.2. The lowest BCUT2D eigenvalue weighted by atomic mass is 10.2. The quantitative estimate of drug-likeness (QED) is 0.601. The van der Waals surface area contributed by atoms with E-state index in [1.807, 2.05) is 0 Å². The van der Waals surface area contributed by atoms with Crippen LogP contribution in [0.5, 0.6) is 0 Å². The fourth-order valence-electron chi connectivity index (χ4n) is 1.74. The zero-order valence-electron chi connectivity index (χ0n) is 15.2. The number of carbonyl (C=O) groups is 3. The highest BCUT2D eigenvalue weighted by Crippen LogP contribution is 2.12. The van der Waals surface area contributed by atoms with Gasteiger partial charge < -0.3 is 20.7 Å². The molecule has 0 unspecified atom stereocenters. The summed E-state index contributed by atoms with van der Waals surface area (Å²) in [5.74, 6) is -1.94. The largest absolute Gasteiger partial charge is 0.478 e. The summed E-state index contributed by atoms with van der Waals surface area (Å²) in [6.07, 6.45) is -0.569. The molecule has 0 atom stereocenters. The molecule has 2 rings (SSSR count). The van der Waals surface area contributed by atoms with E-state index in [9.17, 15) is 14.4 Å². The molecule has 8 nitrogen and oxygen atoms in total. The Balaban J connectivity index is 0.000000309. The van der Waals surface area contributed by atoms with Crippen molar-refractivity contribution in [3.05, 3.63) is 59.7 Å². The normalized spacial score (nSPS) is 10.2. The molecule has 5 N–H and O–H groups in total. The first-order valence-electron chi connectivity index (χ1n) is 7.90. The SMILES string of the molecule is CC(C)(C)OC(=O)Nc1ccc(C(=O)O)cc1.Nc1ccc(C(=O)O)cc1. The maximum atomic E-state index is 11.4. The van der Waals surface area contributed by atoms with Gasteiger partial charge in [-0.05, 0) is 69.3 Å². The minimum Gasteiger partial charge on any atom is -0.478 e. The molecule has 2 aromatic rings. The van der Waals surface area contributed by atoms with Gasteiger partial charge in [0.1, 0.15) is 5.60 Å². The molecular weight excluding hydrogens is 352 g/mol. The van der Waals surface area contributed by atoms with Crippen LogP contribution in [-0.2, 0) is 4.74 Å². The first-order chi connectivity index (χ1) is 12.5. The average Bonchev–Trinajstić information content (AvgIpc) is 2.54. The summed E-state index contributed by atoms with van der Waals surface area (Å²) in [5, 5.41) is 19.6. The first kappa shape index (κ1) is 21.5. The van der Waals surface area contributed by atoms with Crippen molar-refractivity contribution < 1.29 is 29.3 Å². The molecule has 0 fully saturated rings. The molecule has 0 bridgehead atoms. The standard InChI is InChI=1S/C12H15NO4.C7H7NO2/c1-12(2,3)17-11(16)13-9-6-4-8(5-7-9)10(14)15;8-6-3-1-5(2-4-6)7(9)10/h4-7H,1-3H3,(H,13,16)(H,14,15);1-4H,8H2,(H,9,10). The Kier molecular flexibility index (Phi) is 7.35. The van der Waals surface area contributed by atoms with Crippen LogP contribution in [0.25, 0.3) is 0 Å². The second-order valence-electron chi connectivity index (χ2n) is 6.44. The van der Waals surface area contributed by atoms with Crippen molar-refractivity contribution in [1.82, 2.24) is 0 Å². The number of hydrogen-bond donors (Lipinski definition) is 4. The Morgan fingerprint density at radius 2 is 1.26 bits per heavy atom. The Labute approximate surface area is 156 Å². The van der Waals surface area contributed by atoms with Gasteiger partial charge in [-0.1, -0.05) is 0 Å². The van der Waals surface area contributed by atoms with E-state index >= 15 is 0 Å². The molecule has 0 heterocycles. The number of carbonyl (C=O) groups excluding carboxylic acids is 1. The van der Waals surface area contributed by atoms with E-state index in [2.05, 4.69) is 5.32 Å². The number of amides is 1. The van der Waals surface area contributed by atoms with Crippen LogP contribution in [-0.4, -0.2) is 33.8 Å². The number of rotatable bonds is 3. The second kappa shape index (κ2) is 9.23. The molecule has 0 saturated heterocycles. The molecule has 0 aliphatic heterocycles. The topological polar surface area (TPSA) is 139 Å². The summed E-state index contributed by atoms with van der Waals surface area (Å²) in [7, 11) is 0. The molecule has 0 spiro atoms. The summed E-state index contributed by atoms with van der Waals surface area (Å²) >= 11 is 0. The lowest BCUT2D eigenvalue weighted by Crippen LogP contribution is -2.27. The molecule has 0 radical (unpaired) electrons. The minimum atomic E-state index is -1.01. The summed E-state index contributed by atoms with van der Waals surface area (Å²) in [6, 6.07) is 11.9. The van der Waals surface area contributed by atoms with E-state index in [4.69, 9.17) is 20.7 Å². The highest BCUT2D eigenvalue weighted by molar-refractivity contribution is 5.90. The van der Waals surface area contributed by atoms with Gasteiger partial charge in [0.25, 0.3) is 0 Å². The maximum absolute atomic E-state index is 11.4. The van der Waals surface area contributed by atoms with Gasteiger partial charge in [-0.3, -0.25) is 5.32 Å². The Bertz CT molecular complexity index is 792. The van der Waals surface area contributed by atoms with Crippen LogP contribution in [0, 0.1) is 0 Å². The molecule has 144 valence electrons. The van der Waals surface area contributed by atoms with E-state index < -0.39 is 23.6 Å². The van der Waals surface area contributed by atoms with E-state index in [0.29, 0.717) is 11.4 Å². The smallest absolute Gasteiger partial charge is 0.412 e. The predicted octanol–water partition coefficient (Wildman–Crippen LogP) is 3.70. The summed E-state index contributed by atoms with van der Waals surface area (Å²) in [5.41, 5.74) is 6.26. The van der Waals surface area contributed by atoms with Crippen molar-refractivity contribution in [2.45, 2.75) is 26.4 Å². The van der Waals surface area contributed by atoms with Crippen molar-refractivity contribution >= 4 is 29.4 Å². The summed E-state index contributed by atoms with van der Waals surface area (Å²) < 4.78 is 5.05. The summed E-state index contributed by atoms with van der Waals surface area (Å²) in [6.45, 7) is 5.29. The van der Waals surface area contributed by atoms with Crippen molar-refractivity contribution in [1.29, 1.82) is 0 Å². The number of carboxylic acid groups (broad SMARTS) is 2. The van der Waals surface area contributed by atoms with Crippen LogP contribution >= 0.6 is 0 Å². The third-order valence-electron chi connectivity index (χ3n) is 2.93.